The summed E-state index contributed by atoms with van der Waals surface area (Å²) in [5.41, 5.74) is 1.90. The largest absolute Gasteiger partial charge is 0.335 e. The SMILES string of the molecule is CCCCCCC(=O)N(CCC(=O)Nc1nnc(-c2cccc(Cl)c2)s1)[C@H](C)c1ccccc1. The average molecular weight is 499 g/mol. The predicted octanol–water partition coefficient (Wildman–Crippen LogP) is 6.75. The predicted molar refractivity (Wildman–Crippen MR) is 139 cm³/mol. The van der Waals surface area contributed by atoms with Crippen molar-refractivity contribution in [1.82, 2.24) is 15.1 Å². The molecule has 6 nitrogen and oxygen atoms in total. The maximum Gasteiger partial charge on any atom is 0.227 e. The molecule has 8 heteroatoms. The number of nitrogens with zero attached hydrogens (tertiary/aromatic N) is 3. The van der Waals surface area contributed by atoms with E-state index in [0.717, 1.165) is 36.8 Å². The second-order valence-electron chi connectivity index (χ2n) is 8.21. The monoisotopic (exact) mass is 498 g/mol. The highest BCUT2D eigenvalue weighted by atomic mass is 35.5. The quantitative estimate of drug-likeness (QED) is 0.280. The Morgan fingerprint density at radius 2 is 1.82 bits per heavy atom. The number of amides is 2. The van der Waals surface area contributed by atoms with E-state index < -0.39 is 0 Å². The molecule has 34 heavy (non-hydrogen) atoms. The van der Waals surface area contributed by atoms with E-state index >= 15 is 0 Å². The van der Waals surface area contributed by atoms with Gasteiger partial charge in [-0.2, -0.15) is 0 Å². The van der Waals surface area contributed by atoms with E-state index in [1.807, 2.05) is 60.4 Å². The van der Waals surface area contributed by atoms with E-state index in [9.17, 15) is 9.59 Å². The Morgan fingerprint density at radius 1 is 1.03 bits per heavy atom. The van der Waals surface area contributed by atoms with Crippen LogP contribution in [0.3, 0.4) is 0 Å². The lowest BCUT2D eigenvalue weighted by molar-refractivity contribution is -0.134. The minimum atomic E-state index is -0.196. The average Bonchev–Trinajstić information content (AvgIpc) is 3.31. The molecule has 0 aliphatic carbocycles. The van der Waals surface area contributed by atoms with E-state index in [4.69, 9.17) is 11.6 Å². The summed E-state index contributed by atoms with van der Waals surface area (Å²) in [6, 6.07) is 17.2. The van der Waals surface area contributed by atoms with E-state index in [1.165, 1.54) is 11.3 Å². The van der Waals surface area contributed by atoms with Gasteiger partial charge in [-0.3, -0.25) is 9.59 Å². The summed E-state index contributed by atoms with van der Waals surface area (Å²) in [6.45, 7) is 4.51. The van der Waals surface area contributed by atoms with Gasteiger partial charge in [-0.25, -0.2) is 0 Å². The number of aromatic nitrogens is 2. The normalized spacial score (nSPS) is 11.7. The third-order valence-corrected chi connectivity index (χ3v) is 6.76. The summed E-state index contributed by atoms with van der Waals surface area (Å²) in [5, 5.41) is 12.8. The van der Waals surface area contributed by atoms with Crippen LogP contribution in [-0.2, 0) is 9.59 Å². The summed E-state index contributed by atoms with van der Waals surface area (Å²) in [5.74, 6) is -0.114. The summed E-state index contributed by atoms with van der Waals surface area (Å²) in [7, 11) is 0. The van der Waals surface area contributed by atoms with Crippen LogP contribution in [0.1, 0.15) is 64.0 Å². The fourth-order valence-electron chi connectivity index (χ4n) is 3.71. The van der Waals surface area contributed by atoms with Crippen LogP contribution in [0.2, 0.25) is 5.02 Å². The number of anilines is 1. The number of nitrogens with one attached hydrogen (secondary N) is 1. The second-order valence-corrected chi connectivity index (χ2v) is 9.62. The van der Waals surface area contributed by atoms with E-state index in [1.54, 1.807) is 6.07 Å². The molecule has 0 saturated heterocycles. The second kappa shape index (κ2) is 13.2. The lowest BCUT2D eigenvalue weighted by Crippen LogP contribution is -2.36. The molecule has 3 rings (SSSR count). The van der Waals surface area contributed by atoms with Crippen LogP contribution in [0.25, 0.3) is 10.6 Å². The van der Waals surface area contributed by atoms with Gasteiger partial charge in [0.2, 0.25) is 16.9 Å². The summed E-state index contributed by atoms with van der Waals surface area (Å²) in [6.07, 6.45) is 4.85. The fourth-order valence-corrected chi connectivity index (χ4v) is 4.65. The highest BCUT2D eigenvalue weighted by Gasteiger charge is 2.22. The number of hydrogen-bond acceptors (Lipinski definition) is 5. The van der Waals surface area contributed by atoms with Crippen molar-refractivity contribution >= 4 is 39.9 Å². The zero-order valence-electron chi connectivity index (χ0n) is 19.7. The molecule has 0 spiro atoms. The number of benzene rings is 2. The van der Waals surface area contributed by atoms with E-state index in [0.29, 0.717) is 28.1 Å². The molecule has 0 aliphatic rings. The molecule has 3 aromatic rings. The molecular formula is C26H31ClN4O2S. The molecule has 0 aliphatic heterocycles. The Hall–Kier alpha value is -2.77. The first-order valence-corrected chi connectivity index (χ1v) is 12.9. The molecule has 1 heterocycles. The molecular weight excluding hydrogens is 468 g/mol. The first-order valence-electron chi connectivity index (χ1n) is 11.7. The van der Waals surface area contributed by atoms with Gasteiger partial charge in [-0.05, 0) is 31.0 Å². The molecule has 0 unspecified atom stereocenters. The van der Waals surface area contributed by atoms with Gasteiger partial charge in [0.25, 0.3) is 0 Å². The van der Waals surface area contributed by atoms with Crippen LogP contribution in [0.5, 0.6) is 0 Å². The third kappa shape index (κ3) is 7.64. The van der Waals surface area contributed by atoms with Gasteiger partial charge in [0.15, 0.2) is 0 Å². The topological polar surface area (TPSA) is 75.2 Å². The molecule has 180 valence electrons. The van der Waals surface area contributed by atoms with E-state index in [2.05, 4.69) is 22.4 Å². The van der Waals surface area contributed by atoms with Crippen LogP contribution in [-0.4, -0.2) is 33.5 Å². The lowest BCUT2D eigenvalue weighted by atomic mass is 10.1. The molecule has 0 bridgehead atoms. The van der Waals surface area contributed by atoms with Crippen molar-refractivity contribution in [3.05, 3.63) is 65.2 Å². The van der Waals surface area contributed by atoms with Gasteiger partial charge < -0.3 is 10.2 Å². The Labute approximate surface area is 210 Å². The summed E-state index contributed by atoms with van der Waals surface area (Å²) < 4.78 is 0. The molecule has 0 fully saturated rings. The van der Waals surface area contributed by atoms with Crippen LogP contribution in [0.15, 0.2) is 54.6 Å². The van der Waals surface area contributed by atoms with Crippen LogP contribution in [0.4, 0.5) is 5.13 Å². The van der Waals surface area contributed by atoms with Crippen LogP contribution in [0, 0.1) is 0 Å². The first-order chi connectivity index (χ1) is 16.5. The number of carbonyl (C=O) groups is 2. The minimum absolute atomic E-state index is 0.0828. The molecule has 0 radical (unpaired) electrons. The van der Waals surface area contributed by atoms with Crippen molar-refractivity contribution < 1.29 is 9.59 Å². The zero-order valence-corrected chi connectivity index (χ0v) is 21.2. The maximum absolute atomic E-state index is 13.0. The number of hydrogen-bond donors (Lipinski definition) is 1. The van der Waals surface area contributed by atoms with Gasteiger partial charge in [0.05, 0.1) is 6.04 Å². The van der Waals surface area contributed by atoms with Crippen molar-refractivity contribution in [2.75, 3.05) is 11.9 Å². The number of carbonyl (C=O) groups excluding carboxylic acids is 2. The lowest BCUT2D eigenvalue weighted by Gasteiger charge is -2.29. The van der Waals surface area contributed by atoms with Crippen molar-refractivity contribution in [2.24, 2.45) is 0 Å². The first kappa shape index (κ1) is 25.8. The maximum atomic E-state index is 13.0. The molecule has 0 saturated carbocycles. The highest BCUT2D eigenvalue weighted by molar-refractivity contribution is 7.18. The molecule has 1 atom stereocenters. The van der Waals surface area contributed by atoms with Crippen molar-refractivity contribution in [3.8, 4) is 10.6 Å². The van der Waals surface area contributed by atoms with E-state index in [-0.39, 0.29) is 24.3 Å². The third-order valence-electron chi connectivity index (χ3n) is 5.64. The standard InChI is InChI=1S/C26H31ClN4O2S/c1-3-4-5-9-15-24(33)31(19(2)20-11-7-6-8-12-20)17-16-23(32)28-26-30-29-25(34-26)21-13-10-14-22(27)18-21/h6-8,10-14,18-19H,3-5,9,15-17H2,1-2H3,(H,28,30,32)/t19-/m1/s1. The highest BCUT2D eigenvalue weighted by Crippen LogP contribution is 2.28. The zero-order chi connectivity index (χ0) is 24.3. The minimum Gasteiger partial charge on any atom is -0.335 e. The van der Waals surface area contributed by atoms with Crippen molar-refractivity contribution in [3.63, 3.8) is 0 Å². The smallest absolute Gasteiger partial charge is 0.227 e. The molecule has 2 aromatic carbocycles. The number of unbranched alkanes of at least 4 members (excludes halogenated alkanes) is 3. The number of halogens is 1. The van der Waals surface area contributed by atoms with Crippen LogP contribution >= 0.6 is 22.9 Å². The van der Waals surface area contributed by atoms with Gasteiger partial charge in [0, 0.05) is 30.0 Å². The van der Waals surface area contributed by atoms with Gasteiger partial charge in [-0.1, -0.05) is 91.6 Å². The van der Waals surface area contributed by atoms with Gasteiger partial charge >= 0.3 is 0 Å². The Balaban J connectivity index is 1.61. The van der Waals surface area contributed by atoms with Gasteiger partial charge in [-0.15, -0.1) is 10.2 Å². The Morgan fingerprint density at radius 3 is 2.56 bits per heavy atom. The fraction of sp³-hybridized carbons (Fsp3) is 0.385. The summed E-state index contributed by atoms with van der Waals surface area (Å²) >= 11 is 7.34. The Bertz CT molecular complexity index is 1070. The molecule has 2 amide bonds. The number of rotatable bonds is 12. The van der Waals surface area contributed by atoms with Gasteiger partial charge in [0.1, 0.15) is 5.01 Å². The summed E-state index contributed by atoms with van der Waals surface area (Å²) in [4.78, 5) is 27.5. The van der Waals surface area contributed by atoms with Crippen molar-refractivity contribution in [2.45, 2.75) is 58.4 Å². The molecule has 1 N–H and O–H groups in total. The molecule has 1 aromatic heterocycles. The van der Waals surface area contributed by atoms with Crippen LogP contribution < -0.4 is 5.32 Å². The Kier molecular flexibility index (Phi) is 10.0. The van der Waals surface area contributed by atoms with Crippen molar-refractivity contribution in [1.29, 1.82) is 0 Å².